The zero-order valence-electron chi connectivity index (χ0n) is 10.4. The van der Waals surface area contributed by atoms with Crippen molar-refractivity contribution in [2.24, 2.45) is 5.41 Å². The summed E-state index contributed by atoms with van der Waals surface area (Å²) >= 11 is 0. The summed E-state index contributed by atoms with van der Waals surface area (Å²) in [5.41, 5.74) is 1.16. The van der Waals surface area contributed by atoms with Gasteiger partial charge in [-0.3, -0.25) is 0 Å². The van der Waals surface area contributed by atoms with E-state index in [2.05, 4.69) is 22.0 Å². The fourth-order valence-electron chi connectivity index (χ4n) is 3.10. The van der Waals surface area contributed by atoms with Gasteiger partial charge in [-0.15, -0.1) is 0 Å². The van der Waals surface area contributed by atoms with Gasteiger partial charge in [0, 0.05) is 18.0 Å². The summed E-state index contributed by atoms with van der Waals surface area (Å²) < 4.78 is 15.4. The van der Waals surface area contributed by atoms with Crippen LogP contribution in [0.5, 0.6) is 0 Å². The van der Waals surface area contributed by atoms with Gasteiger partial charge in [0.15, 0.2) is 0 Å². The fraction of sp³-hybridized carbons (Fsp3) is 0.500. The molecule has 1 atom stereocenters. The molecule has 1 aromatic heterocycles. The molecular weight excluding hydrogens is 229 g/mol. The maximum absolute atomic E-state index is 13.3. The number of rotatable bonds is 1. The topological polar surface area (TPSA) is 29.9 Å². The number of hydrogen-bond acceptors (Lipinski definition) is 2. The number of aromatic nitrogens is 2. The van der Waals surface area contributed by atoms with E-state index in [1.807, 2.05) is 6.07 Å². The van der Waals surface area contributed by atoms with E-state index < -0.39 is 0 Å². The normalized spacial score (nSPS) is 24.7. The highest BCUT2D eigenvalue weighted by Gasteiger charge is 2.47. The lowest BCUT2D eigenvalue weighted by Gasteiger charge is -2.30. The van der Waals surface area contributed by atoms with Crippen LogP contribution >= 0.6 is 0 Å². The largest absolute Gasteiger partial charge is 0.370 e. The molecule has 1 fully saturated rings. The van der Waals surface area contributed by atoms with Crippen molar-refractivity contribution in [1.82, 2.24) is 9.78 Å². The van der Waals surface area contributed by atoms with Crippen molar-refractivity contribution in [3.63, 3.8) is 0 Å². The van der Waals surface area contributed by atoms with E-state index in [-0.39, 0.29) is 5.82 Å². The second-order valence-corrected chi connectivity index (χ2v) is 5.84. The molecule has 1 aromatic carbocycles. The van der Waals surface area contributed by atoms with E-state index >= 15 is 0 Å². The Balaban J connectivity index is 1.92. The van der Waals surface area contributed by atoms with E-state index in [1.54, 1.807) is 0 Å². The molecular formula is C14H16FN3. The maximum atomic E-state index is 13.3. The molecule has 94 valence electrons. The van der Waals surface area contributed by atoms with E-state index in [0.717, 1.165) is 29.7 Å². The first-order chi connectivity index (χ1) is 8.67. The van der Waals surface area contributed by atoms with E-state index in [1.165, 1.54) is 25.0 Å². The molecule has 1 unspecified atom stereocenters. The van der Waals surface area contributed by atoms with Crippen LogP contribution in [0.25, 0.3) is 10.9 Å². The minimum atomic E-state index is -0.216. The summed E-state index contributed by atoms with van der Waals surface area (Å²) in [5.74, 6) is 0.849. The van der Waals surface area contributed by atoms with Gasteiger partial charge < -0.3 is 5.32 Å². The number of fused-ring (bicyclic) bond motifs is 3. The zero-order chi connectivity index (χ0) is 12.3. The number of nitrogens with zero attached hydrogens (tertiary/aromatic N) is 2. The summed E-state index contributed by atoms with van der Waals surface area (Å²) in [4.78, 5) is 0. The average Bonchev–Trinajstić information content (AvgIpc) is 3.00. The van der Waals surface area contributed by atoms with Crippen LogP contribution in [0.3, 0.4) is 0 Å². The van der Waals surface area contributed by atoms with Crippen LogP contribution in [0, 0.1) is 11.2 Å². The van der Waals surface area contributed by atoms with Crippen molar-refractivity contribution < 1.29 is 4.39 Å². The van der Waals surface area contributed by atoms with E-state index in [0.29, 0.717) is 11.5 Å². The standard InChI is InChI=1S/C14H16FN3/c1-14(5-6-14)12-4-7-16-13-10-3-2-9(15)8-11(10)17-18(12)13/h2-3,8,12,16H,4-7H2,1H3. The zero-order valence-corrected chi connectivity index (χ0v) is 10.4. The summed E-state index contributed by atoms with van der Waals surface area (Å²) in [7, 11) is 0. The Labute approximate surface area is 105 Å². The van der Waals surface area contributed by atoms with Crippen LogP contribution in [0.15, 0.2) is 18.2 Å². The Morgan fingerprint density at radius 2 is 2.28 bits per heavy atom. The quantitative estimate of drug-likeness (QED) is 0.835. The first kappa shape index (κ1) is 10.4. The van der Waals surface area contributed by atoms with Crippen molar-refractivity contribution in [1.29, 1.82) is 0 Å². The molecule has 18 heavy (non-hydrogen) atoms. The second kappa shape index (κ2) is 3.25. The minimum Gasteiger partial charge on any atom is -0.370 e. The number of halogens is 1. The molecule has 4 rings (SSSR count). The molecule has 2 aliphatic rings. The second-order valence-electron chi connectivity index (χ2n) is 5.84. The van der Waals surface area contributed by atoms with Crippen LogP contribution in [-0.2, 0) is 0 Å². The van der Waals surface area contributed by atoms with Crippen molar-refractivity contribution in [3.8, 4) is 0 Å². The van der Waals surface area contributed by atoms with Gasteiger partial charge in [0.2, 0.25) is 0 Å². The molecule has 1 saturated carbocycles. The van der Waals surface area contributed by atoms with Gasteiger partial charge in [0.25, 0.3) is 0 Å². The third kappa shape index (κ3) is 1.32. The number of hydrogen-bond donors (Lipinski definition) is 1. The SMILES string of the molecule is CC1(C2CCNc3c4ccc(F)cc4nn32)CC1. The molecule has 0 spiro atoms. The van der Waals surface area contributed by atoms with Crippen LogP contribution in [-0.4, -0.2) is 16.3 Å². The lowest BCUT2D eigenvalue weighted by atomic mass is 9.95. The van der Waals surface area contributed by atoms with Gasteiger partial charge in [-0.05, 0) is 36.8 Å². The Bertz CT molecular complexity index is 627. The summed E-state index contributed by atoms with van der Waals surface area (Å²) in [5, 5.41) is 9.06. The lowest BCUT2D eigenvalue weighted by molar-refractivity contribution is 0.286. The molecule has 0 amide bonds. The Hall–Kier alpha value is -1.58. The monoisotopic (exact) mass is 245 g/mol. The Kier molecular flexibility index (Phi) is 1.87. The molecule has 3 nitrogen and oxygen atoms in total. The predicted molar refractivity (Wildman–Crippen MR) is 69.2 cm³/mol. The van der Waals surface area contributed by atoms with Crippen LogP contribution in [0.2, 0.25) is 0 Å². The van der Waals surface area contributed by atoms with Crippen molar-refractivity contribution in [3.05, 3.63) is 24.0 Å². The van der Waals surface area contributed by atoms with Crippen LogP contribution in [0.4, 0.5) is 10.2 Å². The van der Waals surface area contributed by atoms with Gasteiger partial charge >= 0.3 is 0 Å². The summed E-state index contributed by atoms with van der Waals surface area (Å²) in [6.45, 7) is 3.32. The summed E-state index contributed by atoms with van der Waals surface area (Å²) in [6, 6.07) is 5.32. The third-order valence-corrected chi connectivity index (χ3v) is 4.51. The van der Waals surface area contributed by atoms with E-state index in [9.17, 15) is 4.39 Å². The van der Waals surface area contributed by atoms with Gasteiger partial charge in [-0.25, -0.2) is 9.07 Å². The van der Waals surface area contributed by atoms with E-state index in [4.69, 9.17) is 0 Å². The predicted octanol–water partition coefficient (Wildman–Crippen LogP) is 3.33. The smallest absolute Gasteiger partial charge is 0.132 e. The minimum absolute atomic E-state index is 0.216. The molecule has 2 heterocycles. The summed E-state index contributed by atoms with van der Waals surface area (Å²) in [6.07, 6.45) is 3.67. The van der Waals surface area contributed by atoms with Crippen molar-refractivity contribution in [2.75, 3.05) is 11.9 Å². The molecule has 1 aliphatic carbocycles. The highest BCUT2D eigenvalue weighted by molar-refractivity contribution is 5.90. The molecule has 1 N–H and O–H groups in total. The van der Waals surface area contributed by atoms with Gasteiger partial charge in [-0.2, -0.15) is 5.10 Å². The van der Waals surface area contributed by atoms with Crippen LogP contribution < -0.4 is 5.32 Å². The Morgan fingerprint density at radius 1 is 1.44 bits per heavy atom. The van der Waals surface area contributed by atoms with Crippen molar-refractivity contribution in [2.45, 2.75) is 32.2 Å². The average molecular weight is 245 g/mol. The third-order valence-electron chi connectivity index (χ3n) is 4.51. The highest BCUT2D eigenvalue weighted by Crippen LogP contribution is 2.56. The van der Waals surface area contributed by atoms with Gasteiger partial charge in [0.05, 0.1) is 11.6 Å². The highest BCUT2D eigenvalue weighted by atomic mass is 19.1. The van der Waals surface area contributed by atoms with Gasteiger partial charge in [0.1, 0.15) is 11.6 Å². The van der Waals surface area contributed by atoms with Crippen LogP contribution in [0.1, 0.15) is 32.2 Å². The molecule has 0 bridgehead atoms. The first-order valence-electron chi connectivity index (χ1n) is 6.59. The molecule has 0 saturated heterocycles. The first-order valence-corrected chi connectivity index (χ1v) is 6.59. The number of nitrogens with one attached hydrogen (secondary N) is 1. The fourth-order valence-corrected chi connectivity index (χ4v) is 3.10. The molecule has 2 aromatic rings. The van der Waals surface area contributed by atoms with Gasteiger partial charge in [-0.1, -0.05) is 6.92 Å². The Morgan fingerprint density at radius 3 is 3.06 bits per heavy atom. The van der Waals surface area contributed by atoms with Crippen molar-refractivity contribution >= 4 is 16.7 Å². The molecule has 1 aliphatic heterocycles. The maximum Gasteiger partial charge on any atom is 0.132 e. The molecule has 4 heteroatoms. The number of benzene rings is 1. The number of anilines is 1. The lowest BCUT2D eigenvalue weighted by Crippen LogP contribution is -2.28. The molecule has 0 radical (unpaired) electrons.